The lowest BCUT2D eigenvalue weighted by molar-refractivity contribution is 0.0342. The first-order chi connectivity index (χ1) is 14.1. The van der Waals surface area contributed by atoms with Crippen molar-refractivity contribution in [3.05, 3.63) is 51.0 Å². The number of nitrogens with one attached hydrogen (secondary N) is 1. The number of hydrogen-bond acceptors (Lipinski definition) is 7. The molecule has 5 rings (SSSR count). The molecule has 2 aromatic heterocycles. The second-order valence-corrected chi connectivity index (χ2v) is 9.00. The highest BCUT2D eigenvalue weighted by molar-refractivity contribution is 7.12. The Balaban J connectivity index is 1.41. The molecule has 0 atom stereocenters. The fraction of sp³-hybridized carbons (Fsp3) is 0.409. The van der Waals surface area contributed by atoms with E-state index in [1.54, 1.807) is 0 Å². The maximum Gasteiger partial charge on any atom is 0.227 e. The number of rotatable bonds is 4. The molecule has 1 saturated heterocycles. The van der Waals surface area contributed by atoms with E-state index in [0.717, 1.165) is 62.8 Å². The van der Waals surface area contributed by atoms with Gasteiger partial charge in [-0.15, -0.1) is 11.3 Å². The van der Waals surface area contributed by atoms with Crippen LogP contribution < -0.4 is 5.32 Å². The van der Waals surface area contributed by atoms with Crippen LogP contribution in [0.4, 0.5) is 11.6 Å². The third-order valence-electron chi connectivity index (χ3n) is 5.39. The van der Waals surface area contributed by atoms with Crippen LogP contribution in [0.15, 0.2) is 24.4 Å². The number of anilines is 2. The third kappa shape index (κ3) is 4.03. The van der Waals surface area contributed by atoms with Crippen molar-refractivity contribution in [3.8, 4) is 11.4 Å². The number of thiazole rings is 1. The fourth-order valence-corrected chi connectivity index (χ4v) is 5.16. The zero-order chi connectivity index (χ0) is 19.8. The van der Waals surface area contributed by atoms with E-state index in [1.807, 2.05) is 17.5 Å². The summed E-state index contributed by atoms with van der Waals surface area (Å²) < 4.78 is 5.46. The van der Waals surface area contributed by atoms with Crippen LogP contribution in [0.1, 0.15) is 26.6 Å². The number of nitrogens with zero attached hydrogens (tertiary/aromatic N) is 4. The Morgan fingerprint density at radius 2 is 1.83 bits per heavy atom. The van der Waals surface area contributed by atoms with Gasteiger partial charge in [0.1, 0.15) is 10.7 Å². The Kier molecular flexibility index (Phi) is 5.03. The van der Waals surface area contributed by atoms with Gasteiger partial charge in [-0.1, -0.05) is 6.07 Å². The maximum atomic E-state index is 5.46. The molecule has 0 radical (unpaired) electrons. The van der Waals surface area contributed by atoms with Gasteiger partial charge in [-0.3, -0.25) is 4.90 Å². The van der Waals surface area contributed by atoms with Gasteiger partial charge in [-0.2, -0.15) is 0 Å². The fourth-order valence-electron chi connectivity index (χ4n) is 4.05. The number of ether oxygens (including phenoxy) is 1. The number of aromatic nitrogens is 3. The Bertz CT molecular complexity index is 1020. The monoisotopic (exact) mass is 407 g/mol. The van der Waals surface area contributed by atoms with Crippen molar-refractivity contribution < 1.29 is 4.74 Å². The van der Waals surface area contributed by atoms with E-state index in [-0.39, 0.29) is 0 Å². The molecule has 2 aliphatic rings. The van der Waals surface area contributed by atoms with Gasteiger partial charge in [0.15, 0.2) is 0 Å². The van der Waals surface area contributed by atoms with Gasteiger partial charge in [0, 0.05) is 29.9 Å². The van der Waals surface area contributed by atoms with E-state index < -0.39 is 0 Å². The minimum Gasteiger partial charge on any atom is -0.379 e. The van der Waals surface area contributed by atoms with Crippen molar-refractivity contribution >= 4 is 23.0 Å². The molecule has 3 aromatic rings. The van der Waals surface area contributed by atoms with Crippen LogP contribution >= 0.6 is 11.3 Å². The molecule has 0 saturated carbocycles. The number of benzene rings is 1. The zero-order valence-electron chi connectivity index (χ0n) is 16.9. The van der Waals surface area contributed by atoms with Gasteiger partial charge in [-0.05, 0) is 55.5 Å². The lowest BCUT2D eigenvalue weighted by atomic mass is 10.00. The van der Waals surface area contributed by atoms with E-state index in [2.05, 4.69) is 47.2 Å². The van der Waals surface area contributed by atoms with Crippen molar-refractivity contribution in [2.45, 2.75) is 33.2 Å². The lowest BCUT2D eigenvalue weighted by Gasteiger charge is -2.25. The Labute approximate surface area is 175 Å². The maximum absolute atomic E-state index is 5.46. The van der Waals surface area contributed by atoms with Crippen LogP contribution in [0.3, 0.4) is 0 Å². The second-order valence-electron chi connectivity index (χ2n) is 7.84. The molecule has 1 fully saturated rings. The molecule has 6 nitrogen and oxygen atoms in total. The smallest absolute Gasteiger partial charge is 0.227 e. The minimum absolute atomic E-state index is 0.629. The van der Waals surface area contributed by atoms with E-state index >= 15 is 0 Å². The molecule has 1 aliphatic carbocycles. The number of fused-ring (bicyclic) bond motifs is 3. The first-order valence-electron chi connectivity index (χ1n) is 10.1. The summed E-state index contributed by atoms with van der Waals surface area (Å²) in [5.41, 5.74) is 6.68. The summed E-state index contributed by atoms with van der Waals surface area (Å²) in [5, 5.41) is 4.54. The molecule has 1 N–H and O–H groups in total. The Hall–Kier alpha value is -2.35. The van der Waals surface area contributed by atoms with Crippen molar-refractivity contribution in [2.75, 3.05) is 31.6 Å². The molecular weight excluding hydrogens is 382 g/mol. The molecule has 0 unspecified atom stereocenters. The van der Waals surface area contributed by atoms with Crippen molar-refractivity contribution in [2.24, 2.45) is 0 Å². The van der Waals surface area contributed by atoms with Crippen LogP contribution in [-0.2, 0) is 24.1 Å². The van der Waals surface area contributed by atoms with Crippen molar-refractivity contribution in [1.29, 1.82) is 0 Å². The standard InChI is InChI=1S/C22H25N5OS/c1-14-9-15(2)11-17(10-14)24-22-23-12-16-3-4-18-21(20(16)26-22)25-19(29-18)13-27-5-7-28-8-6-27/h9-12H,3-8,13H2,1-2H3,(H,23,24,26). The van der Waals surface area contributed by atoms with Gasteiger partial charge < -0.3 is 10.1 Å². The second kappa shape index (κ2) is 7.82. The van der Waals surface area contributed by atoms with E-state index in [1.165, 1.54) is 26.6 Å². The van der Waals surface area contributed by atoms with Crippen LogP contribution in [0, 0.1) is 13.8 Å². The molecule has 1 aromatic carbocycles. The average molecular weight is 408 g/mol. The van der Waals surface area contributed by atoms with Crippen LogP contribution in [0.5, 0.6) is 0 Å². The van der Waals surface area contributed by atoms with Gasteiger partial charge >= 0.3 is 0 Å². The average Bonchev–Trinajstić information content (AvgIpc) is 3.11. The highest BCUT2D eigenvalue weighted by Crippen LogP contribution is 2.36. The number of morpholine rings is 1. The van der Waals surface area contributed by atoms with Gasteiger partial charge in [0.25, 0.3) is 0 Å². The zero-order valence-corrected chi connectivity index (χ0v) is 17.7. The summed E-state index contributed by atoms with van der Waals surface area (Å²) in [5.74, 6) is 0.629. The molecular formula is C22H25N5OS. The van der Waals surface area contributed by atoms with Gasteiger partial charge in [0.2, 0.25) is 5.95 Å². The molecule has 0 spiro atoms. The van der Waals surface area contributed by atoms with Crippen molar-refractivity contribution in [3.63, 3.8) is 0 Å². The molecule has 0 amide bonds. The topological polar surface area (TPSA) is 63.2 Å². The molecule has 0 bridgehead atoms. The summed E-state index contributed by atoms with van der Waals surface area (Å²) in [4.78, 5) is 18.2. The molecule has 7 heteroatoms. The summed E-state index contributed by atoms with van der Waals surface area (Å²) in [6.07, 6.45) is 3.96. The van der Waals surface area contributed by atoms with Crippen LogP contribution in [0.2, 0.25) is 0 Å². The summed E-state index contributed by atoms with van der Waals surface area (Å²) in [6, 6.07) is 6.39. The van der Waals surface area contributed by atoms with E-state index in [0.29, 0.717) is 5.95 Å². The van der Waals surface area contributed by atoms with Crippen molar-refractivity contribution in [1.82, 2.24) is 19.9 Å². The van der Waals surface area contributed by atoms with E-state index in [9.17, 15) is 0 Å². The van der Waals surface area contributed by atoms with Gasteiger partial charge in [0.05, 0.1) is 25.5 Å². The van der Waals surface area contributed by atoms with Crippen LogP contribution in [-0.4, -0.2) is 46.2 Å². The predicted molar refractivity (Wildman–Crippen MR) is 116 cm³/mol. The van der Waals surface area contributed by atoms with Crippen LogP contribution in [0.25, 0.3) is 11.4 Å². The lowest BCUT2D eigenvalue weighted by Crippen LogP contribution is -2.35. The first-order valence-corrected chi connectivity index (χ1v) is 11.0. The first kappa shape index (κ1) is 18.7. The number of hydrogen-bond donors (Lipinski definition) is 1. The third-order valence-corrected chi connectivity index (χ3v) is 6.49. The molecule has 1 aliphatic heterocycles. The molecule has 3 heterocycles. The summed E-state index contributed by atoms with van der Waals surface area (Å²) in [7, 11) is 0. The molecule has 150 valence electrons. The normalized spacial score (nSPS) is 16.3. The highest BCUT2D eigenvalue weighted by atomic mass is 32.1. The largest absolute Gasteiger partial charge is 0.379 e. The summed E-state index contributed by atoms with van der Waals surface area (Å²) >= 11 is 1.83. The SMILES string of the molecule is Cc1cc(C)cc(Nc2ncc3c(n2)-c2nc(CN4CCOCC4)sc2CC3)c1. The highest BCUT2D eigenvalue weighted by Gasteiger charge is 2.24. The van der Waals surface area contributed by atoms with E-state index in [4.69, 9.17) is 14.7 Å². The molecule has 29 heavy (non-hydrogen) atoms. The Morgan fingerprint density at radius 3 is 2.62 bits per heavy atom. The Morgan fingerprint density at radius 1 is 1.03 bits per heavy atom. The van der Waals surface area contributed by atoms with Gasteiger partial charge in [-0.25, -0.2) is 15.0 Å². The number of aryl methyl sites for hydroxylation is 4. The predicted octanol–water partition coefficient (Wildman–Crippen LogP) is 3.89. The quantitative estimate of drug-likeness (QED) is 0.708. The minimum atomic E-state index is 0.629. The summed E-state index contributed by atoms with van der Waals surface area (Å²) in [6.45, 7) is 8.69.